The Balaban J connectivity index is 3.27. The molecule has 0 aliphatic carbocycles. The molecule has 84 valence electrons. The second-order valence-corrected chi connectivity index (χ2v) is 3.95. The molecule has 0 saturated heterocycles. The number of Topliss-reactive ketones (excluding diaryl/α,β-unsaturated/α-hetero) is 1. The van der Waals surface area contributed by atoms with Gasteiger partial charge in [-0.1, -0.05) is 32.6 Å². The third kappa shape index (κ3) is 8.24. The first kappa shape index (κ1) is 13.6. The van der Waals surface area contributed by atoms with Crippen molar-refractivity contribution >= 4 is 5.78 Å². The lowest BCUT2D eigenvalue weighted by Crippen LogP contribution is -2.11. The number of hydrogen-bond acceptors (Lipinski definition) is 2. The van der Waals surface area contributed by atoms with Crippen LogP contribution in [-0.2, 0) is 9.53 Å². The largest absolute Gasteiger partial charge is 0.381 e. The van der Waals surface area contributed by atoms with Crippen molar-refractivity contribution in [3.05, 3.63) is 0 Å². The second kappa shape index (κ2) is 9.20. The number of carbonyl (C=O) groups excluding carboxylic acids is 1. The maximum Gasteiger partial charge on any atom is 0.135 e. The van der Waals surface area contributed by atoms with Crippen LogP contribution in [0, 0.1) is 0 Å². The van der Waals surface area contributed by atoms with E-state index < -0.39 is 0 Å². The lowest BCUT2D eigenvalue weighted by atomic mass is 10.1. The molecule has 0 N–H and O–H groups in total. The van der Waals surface area contributed by atoms with Crippen molar-refractivity contribution in [2.75, 3.05) is 7.11 Å². The Kier molecular flexibility index (Phi) is 8.95. The minimum Gasteiger partial charge on any atom is -0.381 e. The third-order valence-corrected chi connectivity index (χ3v) is 2.48. The first-order chi connectivity index (χ1) is 6.70. The average molecular weight is 200 g/mol. The van der Waals surface area contributed by atoms with Crippen LogP contribution in [0.15, 0.2) is 0 Å². The normalized spacial score (nSPS) is 12.8. The number of carbonyl (C=O) groups is 1. The van der Waals surface area contributed by atoms with Crippen LogP contribution in [0.5, 0.6) is 0 Å². The van der Waals surface area contributed by atoms with Gasteiger partial charge in [0.05, 0.1) is 6.10 Å². The number of rotatable bonds is 9. The lowest BCUT2D eigenvalue weighted by molar-refractivity contribution is -0.121. The van der Waals surface area contributed by atoms with Crippen LogP contribution >= 0.6 is 0 Å². The highest BCUT2D eigenvalue weighted by molar-refractivity contribution is 5.78. The molecule has 0 spiro atoms. The van der Waals surface area contributed by atoms with Gasteiger partial charge in [0.15, 0.2) is 0 Å². The van der Waals surface area contributed by atoms with Gasteiger partial charge in [-0.2, -0.15) is 0 Å². The van der Waals surface area contributed by atoms with E-state index in [1.807, 2.05) is 6.92 Å². The van der Waals surface area contributed by atoms with Crippen molar-refractivity contribution in [3.8, 4) is 0 Å². The third-order valence-electron chi connectivity index (χ3n) is 2.48. The first-order valence-electron chi connectivity index (χ1n) is 5.75. The van der Waals surface area contributed by atoms with Crippen LogP contribution in [0.3, 0.4) is 0 Å². The van der Waals surface area contributed by atoms with Gasteiger partial charge < -0.3 is 4.74 Å². The molecule has 0 heterocycles. The Morgan fingerprint density at radius 3 is 2.43 bits per heavy atom. The standard InChI is InChI=1S/C12H24O2/c1-4-5-6-7-8-9-12(13)10-11(2)14-3/h11H,4-10H2,1-3H3. The maximum atomic E-state index is 11.4. The second-order valence-electron chi connectivity index (χ2n) is 3.95. The van der Waals surface area contributed by atoms with Crippen molar-refractivity contribution in [2.45, 2.75) is 64.9 Å². The van der Waals surface area contributed by atoms with E-state index in [-0.39, 0.29) is 6.10 Å². The molecule has 0 aromatic rings. The fraction of sp³-hybridized carbons (Fsp3) is 0.917. The van der Waals surface area contributed by atoms with Gasteiger partial charge in [-0.05, 0) is 13.3 Å². The summed E-state index contributed by atoms with van der Waals surface area (Å²) in [6.45, 7) is 4.14. The van der Waals surface area contributed by atoms with Gasteiger partial charge >= 0.3 is 0 Å². The summed E-state index contributed by atoms with van der Waals surface area (Å²) in [5.74, 6) is 0.343. The van der Waals surface area contributed by atoms with E-state index >= 15 is 0 Å². The number of ketones is 1. The Labute approximate surface area is 88.0 Å². The SMILES string of the molecule is CCCCCCCC(=O)CC(C)OC. The molecule has 0 amide bonds. The van der Waals surface area contributed by atoms with Crippen molar-refractivity contribution in [2.24, 2.45) is 0 Å². The van der Waals surface area contributed by atoms with Gasteiger partial charge in [0, 0.05) is 20.0 Å². The van der Waals surface area contributed by atoms with Crippen LogP contribution in [0.2, 0.25) is 0 Å². The monoisotopic (exact) mass is 200 g/mol. The van der Waals surface area contributed by atoms with E-state index in [9.17, 15) is 4.79 Å². The number of ether oxygens (including phenoxy) is 1. The zero-order valence-electron chi connectivity index (χ0n) is 9.84. The van der Waals surface area contributed by atoms with Crippen molar-refractivity contribution in [1.29, 1.82) is 0 Å². The van der Waals surface area contributed by atoms with Crippen LogP contribution in [-0.4, -0.2) is 19.0 Å². The number of methoxy groups -OCH3 is 1. The predicted molar refractivity (Wildman–Crippen MR) is 59.5 cm³/mol. The zero-order valence-corrected chi connectivity index (χ0v) is 9.84. The fourth-order valence-corrected chi connectivity index (χ4v) is 1.43. The van der Waals surface area contributed by atoms with Crippen LogP contribution < -0.4 is 0 Å². The van der Waals surface area contributed by atoms with Gasteiger partial charge in [0.25, 0.3) is 0 Å². The highest BCUT2D eigenvalue weighted by Crippen LogP contribution is 2.08. The molecule has 0 radical (unpaired) electrons. The summed E-state index contributed by atoms with van der Waals surface area (Å²) < 4.78 is 5.04. The van der Waals surface area contributed by atoms with E-state index in [1.54, 1.807) is 7.11 Å². The Hall–Kier alpha value is -0.370. The molecular formula is C12H24O2. The maximum absolute atomic E-state index is 11.4. The summed E-state index contributed by atoms with van der Waals surface area (Å²) in [6, 6.07) is 0. The van der Waals surface area contributed by atoms with Crippen LogP contribution in [0.1, 0.15) is 58.8 Å². The summed E-state index contributed by atoms with van der Waals surface area (Å²) in [7, 11) is 1.65. The van der Waals surface area contributed by atoms with Gasteiger partial charge in [-0.3, -0.25) is 4.79 Å². The summed E-state index contributed by atoms with van der Waals surface area (Å²) >= 11 is 0. The summed E-state index contributed by atoms with van der Waals surface area (Å²) in [5.41, 5.74) is 0. The molecule has 0 aliphatic rings. The summed E-state index contributed by atoms with van der Waals surface area (Å²) in [6.07, 6.45) is 7.46. The molecule has 2 heteroatoms. The number of hydrogen-bond donors (Lipinski definition) is 0. The minimum atomic E-state index is 0.0816. The zero-order chi connectivity index (χ0) is 10.8. The molecule has 1 unspecified atom stereocenters. The van der Waals surface area contributed by atoms with Crippen LogP contribution in [0.25, 0.3) is 0 Å². The smallest absolute Gasteiger partial charge is 0.135 e. The lowest BCUT2D eigenvalue weighted by Gasteiger charge is -2.07. The van der Waals surface area contributed by atoms with Gasteiger partial charge in [0.2, 0.25) is 0 Å². The average Bonchev–Trinajstić information content (AvgIpc) is 2.17. The van der Waals surface area contributed by atoms with Crippen molar-refractivity contribution < 1.29 is 9.53 Å². The predicted octanol–water partition coefficient (Wildman–Crippen LogP) is 3.34. The van der Waals surface area contributed by atoms with Crippen molar-refractivity contribution in [3.63, 3.8) is 0 Å². The molecule has 0 rings (SSSR count). The van der Waals surface area contributed by atoms with E-state index in [0.717, 1.165) is 12.8 Å². The van der Waals surface area contributed by atoms with E-state index in [0.29, 0.717) is 12.2 Å². The molecule has 14 heavy (non-hydrogen) atoms. The Bertz CT molecular complexity index is 143. The highest BCUT2D eigenvalue weighted by Gasteiger charge is 2.07. The first-order valence-corrected chi connectivity index (χ1v) is 5.75. The minimum absolute atomic E-state index is 0.0816. The van der Waals surface area contributed by atoms with E-state index in [2.05, 4.69) is 6.92 Å². The summed E-state index contributed by atoms with van der Waals surface area (Å²) in [4.78, 5) is 11.4. The molecule has 0 bridgehead atoms. The molecule has 1 atom stereocenters. The van der Waals surface area contributed by atoms with E-state index in [1.165, 1.54) is 25.7 Å². The summed E-state index contributed by atoms with van der Waals surface area (Å²) in [5, 5.41) is 0. The Morgan fingerprint density at radius 1 is 1.21 bits per heavy atom. The van der Waals surface area contributed by atoms with Gasteiger partial charge in [-0.15, -0.1) is 0 Å². The topological polar surface area (TPSA) is 26.3 Å². The molecule has 0 aromatic heterocycles. The highest BCUT2D eigenvalue weighted by atomic mass is 16.5. The van der Waals surface area contributed by atoms with E-state index in [4.69, 9.17) is 4.74 Å². The quantitative estimate of drug-likeness (QED) is 0.534. The van der Waals surface area contributed by atoms with Crippen molar-refractivity contribution in [1.82, 2.24) is 0 Å². The Morgan fingerprint density at radius 2 is 1.86 bits per heavy atom. The molecule has 2 nitrogen and oxygen atoms in total. The molecular weight excluding hydrogens is 176 g/mol. The molecule has 0 saturated carbocycles. The fourth-order valence-electron chi connectivity index (χ4n) is 1.43. The van der Waals surface area contributed by atoms with Crippen LogP contribution in [0.4, 0.5) is 0 Å². The van der Waals surface area contributed by atoms with Gasteiger partial charge in [-0.25, -0.2) is 0 Å². The molecule has 0 fully saturated rings. The number of unbranched alkanes of at least 4 members (excludes halogenated alkanes) is 4. The molecule has 0 aliphatic heterocycles. The molecule has 0 aromatic carbocycles. The van der Waals surface area contributed by atoms with Gasteiger partial charge in [0.1, 0.15) is 5.78 Å².